The van der Waals surface area contributed by atoms with Gasteiger partial charge < -0.3 is 10.4 Å². The molecule has 1 aliphatic carbocycles. The molecule has 0 heterocycles. The molecule has 0 spiro atoms. The summed E-state index contributed by atoms with van der Waals surface area (Å²) in [6.45, 7) is 0.621. The molecule has 1 aromatic rings. The number of aliphatic hydroxyl groups is 1. The van der Waals surface area contributed by atoms with E-state index in [-0.39, 0.29) is 17.8 Å². The lowest BCUT2D eigenvalue weighted by molar-refractivity contribution is -0.384. The summed E-state index contributed by atoms with van der Waals surface area (Å²) in [5, 5.41) is 22.7. The van der Waals surface area contributed by atoms with E-state index in [1.165, 1.54) is 12.1 Å². The molecule has 0 radical (unpaired) electrons. The summed E-state index contributed by atoms with van der Waals surface area (Å²) in [5.74, 6) is 0. The summed E-state index contributed by atoms with van der Waals surface area (Å²) in [6.07, 6.45) is 1.98. The fourth-order valence-electron chi connectivity index (χ4n) is 1.97. The molecule has 2 rings (SSSR count). The maximum absolute atomic E-state index is 10.6. The zero-order chi connectivity index (χ0) is 12.5. The minimum atomic E-state index is -0.407. The summed E-state index contributed by atoms with van der Waals surface area (Å²) in [7, 11) is 0. The second-order valence-electron chi connectivity index (χ2n) is 4.15. The Morgan fingerprint density at radius 3 is 2.71 bits per heavy atom. The van der Waals surface area contributed by atoms with E-state index in [2.05, 4.69) is 21.2 Å². The summed E-state index contributed by atoms with van der Waals surface area (Å²) >= 11 is 3.38. The molecule has 1 fully saturated rings. The zero-order valence-electron chi connectivity index (χ0n) is 9.15. The molecule has 0 aromatic heterocycles. The van der Waals surface area contributed by atoms with Crippen LogP contribution in [-0.2, 0) is 5.54 Å². The van der Waals surface area contributed by atoms with Crippen molar-refractivity contribution >= 4 is 21.6 Å². The third-order valence-corrected chi connectivity index (χ3v) is 3.66. The van der Waals surface area contributed by atoms with Gasteiger partial charge in [-0.2, -0.15) is 0 Å². The first-order valence-electron chi connectivity index (χ1n) is 5.39. The van der Waals surface area contributed by atoms with E-state index in [9.17, 15) is 10.1 Å². The van der Waals surface area contributed by atoms with E-state index >= 15 is 0 Å². The minimum Gasteiger partial charge on any atom is -0.395 e. The molecule has 0 saturated heterocycles. The highest BCUT2D eigenvalue weighted by molar-refractivity contribution is 9.10. The minimum absolute atomic E-state index is 0.0820. The Bertz CT molecular complexity index is 446. The molecule has 0 aliphatic heterocycles. The molecule has 0 amide bonds. The second-order valence-corrected chi connectivity index (χ2v) is 5.01. The molecule has 0 bridgehead atoms. The fourth-order valence-corrected chi connectivity index (χ4v) is 2.71. The molecule has 0 unspecified atom stereocenters. The topological polar surface area (TPSA) is 75.4 Å². The number of nitrogens with zero attached hydrogens (tertiary/aromatic N) is 1. The van der Waals surface area contributed by atoms with Crippen LogP contribution in [0.3, 0.4) is 0 Å². The maximum atomic E-state index is 10.6. The van der Waals surface area contributed by atoms with Crippen molar-refractivity contribution < 1.29 is 10.0 Å². The van der Waals surface area contributed by atoms with Crippen LogP contribution in [0, 0.1) is 10.1 Å². The normalized spacial score (nSPS) is 16.8. The van der Waals surface area contributed by atoms with Crippen LogP contribution in [0.25, 0.3) is 0 Å². The van der Waals surface area contributed by atoms with Crippen molar-refractivity contribution in [2.75, 3.05) is 13.2 Å². The molecule has 1 saturated carbocycles. The Hall–Kier alpha value is -0.980. The molecule has 92 valence electrons. The predicted molar refractivity (Wildman–Crippen MR) is 66.8 cm³/mol. The van der Waals surface area contributed by atoms with Crippen molar-refractivity contribution in [2.24, 2.45) is 0 Å². The molecule has 17 heavy (non-hydrogen) atoms. The predicted octanol–water partition coefficient (Wildman–Crippen LogP) is 1.93. The summed E-state index contributed by atoms with van der Waals surface area (Å²) < 4.78 is 0.745. The number of hydrogen-bond donors (Lipinski definition) is 2. The SMILES string of the molecule is O=[N+]([O-])c1ccc(C2(NCCO)CC2)c(Br)c1. The molecule has 6 heteroatoms. The quantitative estimate of drug-likeness (QED) is 0.643. The Labute approximate surface area is 107 Å². The lowest BCUT2D eigenvalue weighted by Gasteiger charge is -2.18. The van der Waals surface area contributed by atoms with Crippen molar-refractivity contribution in [3.8, 4) is 0 Å². The summed E-state index contributed by atoms with van der Waals surface area (Å²) in [6, 6.07) is 4.82. The van der Waals surface area contributed by atoms with Gasteiger partial charge >= 0.3 is 0 Å². The van der Waals surface area contributed by atoms with Gasteiger partial charge in [0.25, 0.3) is 5.69 Å². The third kappa shape index (κ3) is 2.48. The Morgan fingerprint density at radius 1 is 1.53 bits per heavy atom. The van der Waals surface area contributed by atoms with E-state index in [4.69, 9.17) is 5.11 Å². The first-order chi connectivity index (χ1) is 8.09. The third-order valence-electron chi connectivity index (χ3n) is 3.00. The van der Waals surface area contributed by atoms with Crippen molar-refractivity contribution in [3.63, 3.8) is 0 Å². The number of benzene rings is 1. The molecular formula is C11H13BrN2O3. The Kier molecular flexibility index (Phi) is 3.46. The fraction of sp³-hybridized carbons (Fsp3) is 0.455. The van der Waals surface area contributed by atoms with Gasteiger partial charge in [0.1, 0.15) is 0 Å². The van der Waals surface area contributed by atoms with Crippen molar-refractivity contribution in [1.29, 1.82) is 0 Å². The molecular weight excluding hydrogens is 288 g/mol. The Balaban J connectivity index is 2.25. The van der Waals surface area contributed by atoms with Gasteiger partial charge in [0.2, 0.25) is 0 Å². The number of hydrogen-bond acceptors (Lipinski definition) is 4. The highest BCUT2D eigenvalue weighted by Crippen LogP contribution is 2.48. The lowest BCUT2D eigenvalue weighted by Crippen LogP contribution is -2.31. The number of nitro groups is 1. The number of halogens is 1. The van der Waals surface area contributed by atoms with Crippen LogP contribution in [0.4, 0.5) is 5.69 Å². The first-order valence-corrected chi connectivity index (χ1v) is 6.19. The zero-order valence-corrected chi connectivity index (χ0v) is 10.7. The highest BCUT2D eigenvalue weighted by atomic mass is 79.9. The number of rotatable bonds is 5. The van der Waals surface area contributed by atoms with Crippen LogP contribution in [0.5, 0.6) is 0 Å². The first kappa shape index (κ1) is 12.5. The van der Waals surface area contributed by atoms with Gasteiger partial charge in [0.05, 0.1) is 11.5 Å². The number of nitro benzene ring substituents is 1. The van der Waals surface area contributed by atoms with E-state index < -0.39 is 4.92 Å². The number of non-ortho nitro benzene ring substituents is 1. The molecule has 1 aliphatic rings. The molecule has 5 nitrogen and oxygen atoms in total. The van der Waals surface area contributed by atoms with Crippen molar-refractivity contribution in [1.82, 2.24) is 5.32 Å². The second kappa shape index (κ2) is 4.72. The van der Waals surface area contributed by atoms with Gasteiger partial charge in [-0.05, 0) is 24.5 Å². The number of aliphatic hydroxyl groups excluding tert-OH is 1. The lowest BCUT2D eigenvalue weighted by atomic mass is 10.0. The number of nitrogens with one attached hydrogen (secondary N) is 1. The summed E-state index contributed by atoms with van der Waals surface area (Å²) in [5.41, 5.74) is 0.992. The smallest absolute Gasteiger partial charge is 0.270 e. The van der Waals surface area contributed by atoms with E-state index in [1.807, 2.05) is 0 Å². The van der Waals surface area contributed by atoms with Gasteiger partial charge in [0.15, 0.2) is 0 Å². The van der Waals surface area contributed by atoms with Gasteiger partial charge in [0, 0.05) is 28.7 Å². The van der Waals surface area contributed by atoms with Crippen LogP contribution in [0.15, 0.2) is 22.7 Å². The van der Waals surface area contributed by atoms with E-state index in [1.54, 1.807) is 6.07 Å². The standard InChI is InChI=1S/C11H13BrN2O3/c12-10-7-8(14(16)17)1-2-9(10)11(3-4-11)13-5-6-15/h1-2,7,13,15H,3-6H2. The van der Waals surface area contributed by atoms with Gasteiger partial charge in [-0.3, -0.25) is 10.1 Å². The monoisotopic (exact) mass is 300 g/mol. The van der Waals surface area contributed by atoms with Gasteiger partial charge in [-0.15, -0.1) is 0 Å². The van der Waals surface area contributed by atoms with Crippen molar-refractivity contribution in [2.45, 2.75) is 18.4 Å². The summed E-state index contributed by atoms with van der Waals surface area (Å²) in [4.78, 5) is 10.2. The largest absolute Gasteiger partial charge is 0.395 e. The Morgan fingerprint density at radius 2 is 2.24 bits per heavy atom. The van der Waals surface area contributed by atoms with Crippen LogP contribution < -0.4 is 5.32 Å². The van der Waals surface area contributed by atoms with Crippen LogP contribution in [-0.4, -0.2) is 23.2 Å². The molecule has 1 aromatic carbocycles. The highest BCUT2D eigenvalue weighted by Gasteiger charge is 2.45. The van der Waals surface area contributed by atoms with Gasteiger partial charge in [-0.1, -0.05) is 15.9 Å². The van der Waals surface area contributed by atoms with E-state index in [0.29, 0.717) is 6.54 Å². The average Bonchev–Trinajstić information content (AvgIpc) is 3.07. The average molecular weight is 301 g/mol. The molecule has 2 N–H and O–H groups in total. The van der Waals surface area contributed by atoms with Crippen LogP contribution in [0.1, 0.15) is 18.4 Å². The van der Waals surface area contributed by atoms with Crippen LogP contribution >= 0.6 is 15.9 Å². The van der Waals surface area contributed by atoms with E-state index in [0.717, 1.165) is 22.9 Å². The van der Waals surface area contributed by atoms with Crippen molar-refractivity contribution in [3.05, 3.63) is 38.3 Å². The van der Waals surface area contributed by atoms with Gasteiger partial charge in [-0.25, -0.2) is 0 Å². The maximum Gasteiger partial charge on any atom is 0.270 e. The van der Waals surface area contributed by atoms with Crippen LogP contribution in [0.2, 0.25) is 0 Å². The molecule has 0 atom stereocenters.